The zero-order valence-electron chi connectivity index (χ0n) is 11.0. The highest BCUT2D eigenvalue weighted by molar-refractivity contribution is 4.97. The normalized spacial score (nSPS) is 26.4. The van der Waals surface area contributed by atoms with Crippen LogP contribution in [0.4, 0.5) is 0 Å². The van der Waals surface area contributed by atoms with E-state index in [0.717, 1.165) is 0 Å². The fourth-order valence-electron chi connectivity index (χ4n) is 3.26. The SMILES string of the molecule is CN(C)CCN1CCNCC12CCCCC2. The van der Waals surface area contributed by atoms with Crippen molar-refractivity contribution in [2.24, 2.45) is 0 Å². The van der Waals surface area contributed by atoms with E-state index in [1.165, 1.54) is 64.8 Å². The maximum atomic E-state index is 3.61. The first-order valence-electron chi connectivity index (χ1n) is 6.83. The Morgan fingerprint density at radius 2 is 1.94 bits per heavy atom. The number of piperazine rings is 1. The minimum Gasteiger partial charge on any atom is -0.314 e. The fourth-order valence-corrected chi connectivity index (χ4v) is 3.26. The van der Waals surface area contributed by atoms with Crippen LogP contribution in [0.25, 0.3) is 0 Å². The molecule has 0 aromatic rings. The third-order valence-corrected chi connectivity index (χ3v) is 4.28. The van der Waals surface area contributed by atoms with E-state index in [-0.39, 0.29) is 0 Å². The van der Waals surface area contributed by atoms with Gasteiger partial charge in [-0.2, -0.15) is 0 Å². The third-order valence-electron chi connectivity index (χ3n) is 4.28. The molecule has 0 unspecified atom stereocenters. The molecule has 1 spiro atoms. The molecule has 2 aliphatic rings. The molecule has 0 atom stereocenters. The van der Waals surface area contributed by atoms with Crippen molar-refractivity contribution in [3.8, 4) is 0 Å². The van der Waals surface area contributed by atoms with Crippen LogP contribution in [0.5, 0.6) is 0 Å². The predicted molar refractivity (Wildman–Crippen MR) is 68.8 cm³/mol. The van der Waals surface area contributed by atoms with Crippen LogP contribution in [0.3, 0.4) is 0 Å². The van der Waals surface area contributed by atoms with Crippen LogP contribution < -0.4 is 5.32 Å². The highest BCUT2D eigenvalue weighted by atomic mass is 15.3. The molecule has 1 N–H and O–H groups in total. The van der Waals surface area contributed by atoms with Crippen LogP contribution in [0.2, 0.25) is 0 Å². The maximum Gasteiger partial charge on any atom is 0.0335 e. The van der Waals surface area contributed by atoms with E-state index in [2.05, 4.69) is 29.2 Å². The molecule has 2 rings (SSSR count). The first kappa shape index (κ1) is 12.3. The van der Waals surface area contributed by atoms with Crippen molar-refractivity contribution in [1.29, 1.82) is 0 Å². The van der Waals surface area contributed by atoms with Gasteiger partial charge >= 0.3 is 0 Å². The molecule has 2 fully saturated rings. The van der Waals surface area contributed by atoms with Crippen LogP contribution in [-0.2, 0) is 0 Å². The van der Waals surface area contributed by atoms with Gasteiger partial charge in [0.1, 0.15) is 0 Å². The van der Waals surface area contributed by atoms with Crippen molar-refractivity contribution < 1.29 is 0 Å². The summed E-state index contributed by atoms with van der Waals surface area (Å²) in [7, 11) is 4.35. The number of rotatable bonds is 3. The summed E-state index contributed by atoms with van der Waals surface area (Å²) < 4.78 is 0. The lowest BCUT2D eigenvalue weighted by Gasteiger charge is -2.50. The van der Waals surface area contributed by atoms with Crippen molar-refractivity contribution in [3.63, 3.8) is 0 Å². The zero-order valence-corrected chi connectivity index (χ0v) is 11.0. The molecular formula is C13H27N3. The molecule has 3 nitrogen and oxygen atoms in total. The van der Waals surface area contributed by atoms with Gasteiger partial charge in [-0.25, -0.2) is 0 Å². The van der Waals surface area contributed by atoms with Crippen LogP contribution in [0, 0.1) is 0 Å². The molecule has 94 valence electrons. The maximum absolute atomic E-state index is 3.61. The summed E-state index contributed by atoms with van der Waals surface area (Å²) in [6.07, 6.45) is 7.13. The second-order valence-electron chi connectivity index (χ2n) is 5.75. The van der Waals surface area contributed by atoms with Crippen molar-refractivity contribution in [1.82, 2.24) is 15.1 Å². The fraction of sp³-hybridized carbons (Fsp3) is 1.00. The van der Waals surface area contributed by atoms with Crippen molar-refractivity contribution in [2.45, 2.75) is 37.6 Å². The number of likely N-dealkylation sites (N-methyl/N-ethyl adjacent to an activating group) is 1. The summed E-state index contributed by atoms with van der Waals surface area (Å²) in [6.45, 7) is 6.08. The topological polar surface area (TPSA) is 18.5 Å². The van der Waals surface area contributed by atoms with Gasteiger partial charge in [-0.1, -0.05) is 19.3 Å². The number of hydrogen-bond acceptors (Lipinski definition) is 3. The van der Waals surface area contributed by atoms with E-state index in [4.69, 9.17) is 0 Å². The van der Waals surface area contributed by atoms with Crippen LogP contribution in [-0.4, -0.2) is 62.2 Å². The second-order valence-corrected chi connectivity index (χ2v) is 5.75. The Kier molecular flexibility index (Phi) is 4.22. The summed E-state index contributed by atoms with van der Waals surface area (Å²) in [5, 5.41) is 3.61. The average Bonchev–Trinajstić information content (AvgIpc) is 2.29. The Balaban J connectivity index is 1.95. The van der Waals surface area contributed by atoms with E-state index in [9.17, 15) is 0 Å². The Hall–Kier alpha value is -0.120. The van der Waals surface area contributed by atoms with E-state index < -0.39 is 0 Å². The summed E-state index contributed by atoms with van der Waals surface area (Å²) in [5.41, 5.74) is 0.506. The molecule has 1 saturated carbocycles. The van der Waals surface area contributed by atoms with Gasteiger partial charge in [-0.05, 0) is 26.9 Å². The molecule has 0 radical (unpaired) electrons. The monoisotopic (exact) mass is 225 g/mol. The molecule has 1 aliphatic carbocycles. The van der Waals surface area contributed by atoms with Gasteiger partial charge in [-0.3, -0.25) is 4.90 Å². The molecule has 0 aromatic carbocycles. The highest BCUT2D eigenvalue weighted by Crippen LogP contribution is 2.34. The van der Waals surface area contributed by atoms with E-state index in [0.29, 0.717) is 5.54 Å². The van der Waals surface area contributed by atoms with Gasteiger partial charge in [0.15, 0.2) is 0 Å². The van der Waals surface area contributed by atoms with Gasteiger partial charge in [0.05, 0.1) is 0 Å². The van der Waals surface area contributed by atoms with Crippen molar-refractivity contribution >= 4 is 0 Å². The molecule has 0 bridgehead atoms. The lowest BCUT2D eigenvalue weighted by Crippen LogP contribution is -2.62. The van der Waals surface area contributed by atoms with Crippen LogP contribution >= 0.6 is 0 Å². The van der Waals surface area contributed by atoms with Crippen molar-refractivity contribution in [3.05, 3.63) is 0 Å². The minimum atomic E-state index is 0.506. The lowest BCUT2D eigenvalue weighted by molar-refractivity contribution is 0.0235. The second kappa shape index (κ2) is 5.48. The summed E-state index contributed by atoms with van der Waals surface area (Å²) in [4.78, 5) is 5.07. The molecule has 3 heteroatoms. The number of nitrogens with one attached hydrogen (secondary N) is 1. The minimum absolute atomic E-state index is 0.506. The number of nitrogens with zero attached hydrogens (tertiary/aromatic N) is 2. The molecule has 1 saturated heterocycles. The first-order chi connectivity index (χ1) is 7.73. The molecule has 0 amide bonds. The standard InChI is InChI=1S/C13H27N3/c1-15(2)10-11-16-9-8-14-12-13(16)6-4-3-5-7-13/h14H,3-12H2,1-2H3. The Morgan fingerprint density at radius 3 is 2.62 bits per heavy atom. The average molecular weight is 225 g/mol. The Morgan fingerprint density at radius 1 is 1.19 bits per heavy atom. The first-order valence-corrected chi connectivity index (χ1v) is 6.83. The largest absolute Gasteiger partial charge is 0.314 e. The highest BCUT2D eigenvalue weighted by Gasteiger charge is 2.39. The van der Waals surface area contributed by atoms with Crippen molar-refractivity contribution in [2.75, 3.05) is 46.8 Å². The lowest BCUT2D eigenvalue weighted by atomic mass is 9.79. The quantitative estimate of drug-likeness (QED) is 0.777. The summed E-state index contributed by atoms with van der Waals surface area (Å²) >= 11 is 0. The van der Waals surface area contributed by atoms with E-state index >= 15 is 0 Å². The molecule has 0 aromatic heterocycles. The molecule has 1 heterocycles. The van der Waals surface area contributed by atoms with Gasteiger partial charge in [-0.15, -0.1) is 0 Å². The molecular weight excluding hydrogens is 198 g/mol. The molecule has 16 heavy (non-hydrogen) atoms. The molecule has 1 aliphatic heterocycles. The van der Waals surface area contributed by atoms with Crippen LogP contribution in [0.15, 0.2) is 0 Å². The zero-order chi connectivity index (χ0) is 11.4. The third kappa shape index (κ3) is 2.76. The predicted octanol–water partition coefficient (Wildman–Crippen LogP) is 1.16. The van der Waals surface area contributed by atoms with E-state index in [1.807, 2.05) is 0 Å². The van der Waals surface area contributed by atoms with Gasteiger partial charge < -0.3 is 10.2 Å². The smallest absolute Gasteiger partial charge is 0.0335 e. The number of hydrogen-bond donors (Lipinski definition) is 1. The Bertz CT molecular complexity index is 201. The summed E-state index contributed by atoms with van der Waals surface area (Å²) in [6, 6.07) is 0. The van der Waals surface area contributed by atoms with Gasteiger partial charge in [0.25, 0.3) is 0 Å². The van der Waals surface area contributed by atoms with E-state index in [1.54, 1.807) is 0 Å². The van der Waals surface area contributed by atoms with Gasteiger partial charge in [0, 0.05) is 38.3 Å². The van der Waals surface area contributed by atoms with Gasteiger partial charge in [0.2, 0.25) is 0 Å². The Labute approximate surface area is 100 Å². The van der Waals surface area contributed by atoms with Crippen LogP contribution in [0.1, 0.15) is 32.1 Å². The summed E-state index contributed by atoms with van der Waals surface area (Å²) in [5.74, 6) is 0.